The first-order valence-electron chi connectivity index (χ1n) is 11.2. The van der Waals surface area contributed by atoms with Gasteiger partial charge in [-0.2, -0.15) is 0 Å². The molecule has 2 aromatic rings. The fourth-order valence-electron chi connectivity index (χ4n) is 3.94. The molecular formula is C25H29N3O5. The maximum absolute atomic E-state index is 13.0. The zero-order valence-electron chi connectivity index (χ0n) is 18.9. The zero-order valence-corrected chi connectivity index (χ0v) is 18.9. The Labute approximate surface area is 193 Å². The number of likely N-dealkylation sites (tertiary alicyclic amines) is 1. The average Bonchev–Trinajstić information content (AvgIpc) is 3.67. The van der Waals surface area contributed by atoms with Gasteiger partial charge >= 0.3 is 0 Å². The molecule has 1 saturated heterocycles. The summed E-state index contributed by atoms with van der Waals surface area (Å²) < 4.78 is 10.5. The number of rotatable bonds is 7. The van der Waals surface area contributed by atoms with E-state index in [4.69, 9.17) is 9.47 Å². The number of anilines is 1. The summed E-state index contributed by atoms with van der Waals surface area (Å²) in [6, 6.07) is 12.4. The summed E-state index contributed by atoms with van der Waals surface area (Å²) in [7, 11) is 3.09. The van der Waals surface area contributed by atoms with Crippen LogP contribution in [-0.2, 0) is 4.79 Å². The molecule has 0 bridgehead atoms. The second-order valence-corrected chi connectivity index (χ2v) is 8.49. The molecule has 8 heteroatoms. The lowest BCUT2D eigenvalue weighted by Gasteiger charge is -2.31. The zero-order chi connectivity index (χ0) is 23.4. The lowest BCUT2D eigenvalue weighted by molar-refractivity contribution is -0.121. The molecule has 1 heterocycles. The highest BCUT2D eigenvalue weighted by Crippen LogP contribution is 2.26. The van der Waals surface area contributed by atoms with E-state index in [9.17, 15) is 14.4 Å². The normalized spacial score (nSPS) is 16.1. The number of benzene rings is 2. The van der Waals surface area contributed by atoms with Gasteiger partial charge in [0.1, 0.15) is 11.5 Å². The number of piperidine rings is 1. The lowest BCUT2D eigenvalue weighted by atomic mass is 9.95. The predicted octanol–water partition coefficient (Wildman–Crippen LogP) is 3.09. The molecule has 174 valence electrons. The molecule has 2 N–H and O–H groups in total. The van der Waals surface area contributed by atoms with E-state index in [1.807, 2.05) is 0 Å². The fourth-order valence-corrected chi connectivity index (χ4v) is 3.94. The Morgan fingerprint density at radius 2 is 1.55 bits per heavy atom. The number of nitrogens with zero attached hydrogens (tertiary/aromatic N) is 1. The third-order valence-electron chi connectivity index (χ3n) is 6.06. The molecular weight excluding hydrogens is 422 g/mol. The van der Waals surface area contributed by atoms with Crippen molar-refractivity contribution in [2.45, 2.75) is 31.7 Å². The number of nitrogens with one attached hydrogen (secondary N) is 2. The van der Waals surface area contributed by atoms with Crippen molar-refractivity contribution in [3.8, 4) is 11.5 Å². The van der Waals surface area contributed by atoms with Crippen molar-refractivity contribution >= 4 is 23.4 Å². The Hall–Kier alpha value is -3.55. The molecule has 0 aromatic heterocycles. The van der Waals surface area contributed by atoms with Gasteiger partial charge in [0.2, 0.25) is 5.91 Å². The third kappa shape index (κ3) is 5.63. The second-order valence-electron chi connectivity index (χ2n) is 8.49. The molecule has 1 aliphatic heterocycles. The van der Waals surface area contributed by atoms with E-state index >= 15 is 0 Å². The van der Waals surface area contributed by atoms with Crippen LogP contribution in [0, 0.1) is 5.92 Å². The molecule has 2 fully saturated rings. The largest absolute Gasteiger partial charge is 0.497 e. The summed E-state index contributed by atoms with van der Waals surface area (Å²) in [5.74, 6) is 0.595. The summed E-state index contributed by atoms with van der Waals surface area (Å²) in [6.07, 6.45) is 3.19. The molecule has 2 aromatic carbocycles. The highest BCUT2D eigenvalue weighted by molar-refractivity contribution is 5.98. The summed E-state index contributed by atoms with van der Waals surface area (Å²) in [6.45, 7) is 0.973. The number of carbonyl (C=O) groups is 3. The Morgan fingerprint density at radius 3 is 2.15 bits per heavy atom. The van der Waals surface area contributed by atoms with Crippen LogP contribution in [0.4, 0.5) is 5.69 Å². The third-order valence-corrected chi connectivity index (χ3v) is 6.06. The summed E-state index contributed by atoms with van der Waals surface area (Å²) in [5, 5.41) is 5.88. The fraction of sp³-hybridized carbons (Fsp3) is 0.400. The average molecular weight is 452 g/mol. The van der Waals surface area contributed by atoms with Crippen molar-refractivity contribution in [2.75, 3.05) is 32.6 Å². The molecule has 0 radical (unpaired) electrons. The number of methoxy groups -OCH3 is 2. The predicted molar refractivity (Wildman–Crippen MR) is 124 cm³/mol. The van der Waals surface area contributed by atoms with Crippen molar-refractivity contribution < 1.29 is 23.9 Å². The van der Waals surface area contributed by atoms with Gasteiger partial charge in [-0.15, -0.1) is 0 Å². The molecule has 2 aliphatic rings. The van der Waals surface area contributed by atoms with Crippen molar-refractivity contribution in [3.05, 3.63) is 53.6 Å². The quantitative estimate of drug-likeness (QED) is 0.674. The van der Waals surface area contributed by atoms with Crippen LogP contribution in [0.25, 0.3) is 0 Å². The lowest BCUT2D eigenvalue weighted by Crippen LogP contribution is -2.41. The van der Waals surface area contributed by atoms with E-state index in [-0.39, 0.29) is 29.7 Å². The van der Waals surface area contributed by atoms with Gasteiger partial charge in [-0.1, -0.05) is 6.07 Å². The van der Waals surface area contributed by atoms with Gasteiger partial charge in [-0.3, -0.25) is 14.4 Å². The topological polar surface area (TPSA) is 97.0 Å². The molecule has 0 spiro atoms. The Bertz CT molecular complexity index is 1020. The Kier molecular flexibility index (Phi) is 6.82. The van der Waals surface area contributed by atoms with Gasteiger partial charge in [-0.05, 0) is 56.0 Å². The first-order valence-corrected chi connectivity index (χ1v) is 11.2. The van der Waals surface area contributed by atoms with Crippen LogP contribution in [0.1, 0.15) is 46.4 Å². The number of amides is 3. The Morgan fingerprint density at radius 1 is 0.879 bits per heavy atom. The van der Waals surface area contributed by atoms with Crippen molar-refractivity contribution in [1.82, 2.24) is 10.2 Å². The number of hydrogen-bond acceptors (Lipinski definition) is 5. The second kappa shape index (κ2) is 9.94. The number of hydrogen-bond donors (Lipinski definition) is 2. The van der Waals surface area contributed by atoms with E-state index in [1.165, 1.54) is 0 Å². The van der Waals surface area contributed by atoms with Gasteiger partial charge in [0.05, 0.1) is 14.2 Å². The summed E-state index contributed by atoms with van der Waals surface area (Å²) >= 11 is 0. The van der Waals surface area contributed by atoms with Crippen LogP contribution >= 0.6 is 0 Å². The van der Waals surface area contributed by atoms with Crippen LogP contribution in [0.2, 0.25) is 0 Å². The van der Waals surface area contributed by atoms with E-state index in [2.05, 4.69) is 10.6 Å². The van der Waals surface area contributed by atoms with Crippen molar-refractivity contribution in [3.63, 3.8) is 0 Å². The maximum Gasteiger partial charge on any atom is 0.254 e. The molecule has 8 nitrogen and oxygen atoms in total. The summed E-state index contributed by atoms with van der Waals surface area (Å²) in [4.78, 5) is 39.8. The van der Waals surface area contributed by atoms with Gasteiger partial charge in [0.25, 0.3) is 11.8 Å². The molecule has 1 saturated carbocycles. The Balaban J connectivity index is 1.33. The van der Waals surface area contributed by atoms with Gasteiger partial charge < -0.3 is 25.0 Å². The van der Waals surface area contributed by atoms with E-state index in [0.717, 1.165) is 12.8 Å². The van der Waals surface area contributed by atoms with E-state index in [1.54, 1.807) is 61.6 Å². The minimum atomic E-state index is -0.196. The van der Waals surface area contributed by atoms with Crippen LogP contribution in [-0.4, -0.2) is 56.0 Å². The van der Waals surface area contributed by atoms with Gasteiger partial charge in [-0.25, -0.2) is 0 Å². The van der Waals surface area contributed by atoms with E-state index < -0.39 is 0 Å². The molecule has 3 amide bonds. The van der Waals surface area contributed by atoms with Crippen LogP contribution in [0.5, 0.6) is 11.5 Å². The van der Waals surface area contributed by atoms with Crippen LogP contribution in [0.3, 0.4) is 0 Å². The smallest absolute Gasteiger partial charge is 0.254 e. The minimum Gasteiger partial charge on any atom is -0.497 e. The summed E-state index contributed by atoms with van der Waals surface area (Å²) in [5.41, 5.74) is 1.63. The maximum atomic E-state index is 13.0. The van der Waals surface area contributed by atoms with E-state index in [0.29, 0.717) is 54.2 Å². The van der Waals surface area contributed by atoms with Crippen LogP contribution < -0.4 is 20.1 Å². The highest BCUT2D eigenvalue weighted by Gasteiger charge is 2.29. The molecule has 33 heavy (non-hydrogen) atoms. The molecule has 1 aliphatic carbocycles. The van der Waals surface area contributed by atoms with Crippen molar-refractivity contribution in [2.24, 2.45) is 5.92 Å². The standard InChI is InChI=1S/C25H29N3O5/c1-32-21-13-18(14-22(15-21)33-2)25(31)28-10-8-16(9-11-28)23(29)27-20-5-3-4-17(12-20)24(30)26-19-6-7-19/h3-5,12-16,19H,6-11H2,1-2H3,(H,26,30)(H,27,29). The monoisotopic (exact) mass is 451 g/mol. The molecule has 4 rings (SSSR count). The number of carbonyl (C=O) groups excluding carboxylic acids is 3. The number of ether oxygens (including phenoxy) is 2. The molecule has 0 unspecified atom stereocenters. The highest BCUT2D eigenvalue weighted by atomic mass is 16.5. The van der Waals surface area contributed by atoms with Gasteiger partial charge in [0.15, 0.2) is 0 Å². The van der Waals surface area contributed by atoms with Crippen molar-refractivity contribution in [1.29, 1.82) is 0 Å². The molecule has 0 atom stereocenters. The minimum absolute atomic E-state index is 0.0927. The van der Waals surface area contributed by atoms with Crippen LogP contribution in [0.15, 0.2) is 42.5 Å². The SMILES string of the molecule is COc1cc(OC)cc(C(=O)N2CCC(C(=O)Nc3cccc(C(=O)NC4CC4)c3)CC2)c1. The van der Waals surface area contributed by atoms with Gasteiger partial charge in [0, 0.05) is 47.9 Å². The first kappa shape index (κ1) is 22.6. The first-order chi connectivity index (χ1) is 16.0.